The molecule has 2 aliphatic rings. The predicted molar refractivity (Wildman–Crippen MR) is 219 cm³/mol. The van der Waals surface area contributed by atoms with E-state index in [1.54, 1.807) is 42.1 Å². The van der Waals surface area contributed by atoms with Crippen LogP contribution in [0.1, 0.15) is 63.1 Å². The van der Waals surface area contributed by atoms with Gasteiger partial charge >= 0.3 is 0 Å². The number of primary amides is 2. The first-order valence-corrected chi connectivity index (χ1v) is 20.3. The Bertz CT molecular complexity index is 2300. The molecule has 4 heterocycles. The molecule has 0 unspecified atom stereocenters. The van der Waals surface area contributed by atoms with Crippen molar-refractivity contribution < 1.29 is 19.1 Å². The number of thioether (sulfide) groups is 1. The monoisotopic (exact) mass is 782 g/mol. The number of amides is 3. The minimum atomic E-state index is -0.604. The summed E-state index contributed by atoms with van der Waals surface area (Å²) in [5.74, 6) is -0.114. The van der Waals surface area contributed by atoms with Crippen LogP contribution in [0.5, 0.6) is 5.75 Å². The van der Waals surface area contributed by atoms with Crippen LogP contribution in [0.25, 0.3) is 22.1 Å². The number of fused-ring (bicyclic) bond motifs is 2. The number of hydrogen-bond acceptors (Lipinski definition) is 11. The number of carbonyl (C=O) groups excluding carboxylic acids is 3. The maximum absolute atomic E-state index is 13.7. The number of aryl methyl sites for hydroxylation is 2. The van der Waals surface area contributed by atoms with Crippen molar-refractivity contribution in [2.75, 3.05) is 63.3 Å². The molecule has 2 aromatic carbocycles. The van der Waals surface area contributed by atoms with Crippen LogP contribution in [0.3, 0.4) is 0 Å². The van der Waals surface area contributed by atoms with Crippen molar-refractivity contribution in [1.82, 2.24) is 38.7 Å². The molecule has 7 rings (SSSR count). The Morgan fingerprint density at radius 1 is 0.911 bits per heavy atom. The average molecular weight is 783 g/mol. The summed E-state index contributed by atoms with van der Waals surface area (Å²) in [5.41, 5.74) is 15.8. The van der Waals surface area contributed by atoms with Gasteiger partial charge < -0.3 is 35.6 Å². The number of carbonyl (C=O) groups is 3. The van der Waals surface area contributed by atoms with Crippen LogP contribution < -0.4 is 26.8 Å². The number of hydrogen-bond donors (Lipinski definition) is 4. The zero-order valence-electron chi connectivity index (χ0n) is 32.4. The summed E-state index contributed by atoms with van der Waals surface area (Å²) < 4.78 is 12.0. The van der Waals surface area contributed by atoms with E-state index in [1.165, 1.54) is 24.6 Å². The highest BCUT2D eigenvalue weighted by Crippen LogP contribution is 2.33. The van der Waals surface area contributed by atoms with Gasteiger partial charge in [0, 0.05) is 81.5 Å². The Kier molecular flexibility index (Phi) is 11.6. The summed E-state index contributed by atoms with van der Waals surface area (Å²) in [4.78, 5) is 53.7. The SMILES string of the molecule is CCn1nc(C)cc1C(=O)Nc1nc2cc(C(N)=O)cc(OCCCN3CCN(C4CC4)CC3)c2n1C/C=C/Cn1c(NC)nc2cc(C(N)=O)cc(SC)c21. The first-order chi connectivity index (χ1) is 27.1. The summed E-state index contributed by atoms with van der Waals surface area (Å²) in [6.45, 7) is 10.7. The second-order valence-corrected chi connectivity index (χ2v) is 15.0. The van der Waals surface area contributed by atoms with Crippen molar-refractivity contribution >= 4 is 63.4 Å². The van der Waals surface area contributed by atoms with E-state index in [0.717, 1.165) is 61.3 Å². The van der Waals surface area contributed by atoms with Crippen LogP contribution in [0.4, 0.5) is 11.9 Å². The fourth-order valence-corrected chi connectivity index (χ4v) is 8.06. The van der Waals surface area contributed by atoms with E-state index in [4.69, 9.17) is 26.2 Å². The number of nitrogens with one attached hydrogen (secondary N) is 2. The van der Waals surface area contributed by atoms with E-state index in [2.05, 4.69) is 25.5 Å². The number of anilines is 2. The molecule has 0 atom stereocenters. The number of benzene rings is 2. The third-order valence-electron chi connectivity index (χ3n) is 10.4. The van der Waals surface area contributed by atoms with Crippen LogP contribution in [-0.4, -0.2) is 115 Å². The first-order valence-electron chi connectivity index (χ1n) is 19.1. The zero-order valence-corrected chi connectivity index (χ0v) is 33.2. The fourth-order valence-electron chi connectivity index (χ4n) is 7.41. The van der Waals surface area contributed by atoms with Gasteiger partial charge in [0.1, 0.15) is 17.0 Å². The lowest BCUT2D eigenvalue weighted by Crippen LogP contribution is -2.47. The number of imidazole rings is 2. The number of piperazine rings is 1. The molecule has 1 aliphatic heterocycles. The van der Waals surface area contributed by atoms with Gasteiger partial charge in [-0.3, -0.25) is 29.3 Å². The summed E-state index contributed by atoms with van der Waals surface area (Å²) in [7, 11) is 1.80. The molecule has 17 heteroatoms. The molecule has 1 saturated carbocycles. The molecule has 0 spiro atoms. The third-order valence-corrected chi connectivity index (χ3v) is 11.1. The number of allylic oxidation sites excluding steroid dienone is 2. The Morgan fingerprint density at radius 3 is 2.18 bits per heavy atom. The molecule has 2 fully saturated rings. The first kappa shape index (κ1) is 38.9. The number of aromatic nitrogens is 6. The molecule has 1 saturated heterocycles. The van der Waals surface area contributed by atoms with Crippen molar-refractivity contribution in [2.45, 2.75) is 63.7 Å². The van der Waals surface area contributed by atoms with Gasteiger partial charge in [-0.15, -0.1) is 11.8 Å². The minimum Gasteiger partial charge on any atom is -0.491 e. The van der Waals surface area contributed by atoms with Crippen molar-refractivity contribution in [1.29, 1.82) is 0 Å². The number of nitrogens with zero attached hydrogens (tertiary/aromatic N) is 8. The second-order valence-electron chi connectivity index (χ2n) is 14.2. The van der Waals surface area contributed by atoms with Gasteiger partial charge in [0.2, 0.25) is 23.7 Å². The van der Waals surface area contributed by atoms with Gasteiger partial charge in [0.05, 0.1) is 28.9 Å². The third kappa shape index (κ3) is 8.24. The molecule has 6 N–H and O–H groups in total. The van der Waals surface area contributed by atoms with Crippen molar-refractivity contribution in [2.24, 2.45) is 11.5 Å². The quantitative estimate of drug-likeness (QED) is 0.0606. The van der Waals surface area contributed by atoms with Gasteiger partial charge in [-0.2, -0.15) is 5.10 Å². The van der Waals surface area contributed by atoms with Crippen LogP contribution >= 0.6 is 11.8 Å². The zero-order chi connectivity index (χ0) is 39.5. The highest BCUT2D eigenvalue weighted by molar-refractivity contribution is 7.98. The average Bonchev–Trinajstić information content (AvgIpc) is 3.75. The van der Waals surface area contributed by atoms with E-state index < -0.39 is 11.8 Å². The molecular formula is C39H50N12O4S. The second kappa shape index (κ2) is 16.8. The van der Waals surface area contributed by atoms with Crippen LogP contribution in [0, 0.1) is 6.92 Å². The molecule has 56 heavy (non-hydrogen) atoms. The Labute approximate surface area is 329 Å². The molecular weight excluding hydrogens is 733 g/mol. The highest BCUT2D eigenvalue weighted by Gasteiger charge is 2.31. The lowest BCUT2D eigenvalue weighted by molar-refractivity contribution is 0.0991. The van der Waals surface area contributed by atoms with E-state index in [1.807, 2.05) is 41.4 Å². The molecule has 16 nitrogen and oxygen atoms in total. The molecule has 5 aromatic rings. The van der Waals surface area contributed by atoms with Crippen LogP contribution in [0.2, 0.25) is 0 Å². The summed E-state index contributed by atoms with van der Waals surface area (Å²) >= 11 is 1.51. The Morgan fingerprint density at radius 2 is 1.55 bits per heavy atom. The lowest BCUT2D eigenvalue weighted by atomic mass is 10.1. The molecule has 0 radical (unpaired) electrons. The molecule has 296 valence electrons. The maximum atomic E-state index is 13.7. The van der Waals surface area contributed by atoms with Gasteiger partial charge in [-0.05, 0) is 69.7 Å². The van der Waals surface area contributed by atoms with E-state index in [0.29, 0.717) is 65.7 Å². The summed E-state index contributed by atoms with van der Waals surface area (Å²) in [6.07, 6.45) is 9.38. The fraction of sp³-hybridized carbons (Fsp3) is 0.436. The predicted octanol–water partition coefficient (Wildman–Crippen LogP) is 3.93. The number of ether oxygens (including phenoxy) is 1. The van der Waals surface area contributed by atoms with Crippen LogP contribution in [-0.2, 0) is 19.6 Å². The maximum Gasteiger partial charge on any atom is 0.276 e. The molecule has 1 aliphatic carbocycles. The summed E-state index contributed by atoms with van der Waals surface area (Å²) in [6, 6.07) is 9.29. The Hall–Kier alpha value is -5.39. The van der Waals surface area contributed by atoms with Gasteiger partial charge in [0.15, 0.2) is 0 Å². The van der Waals surface area contributed by atoms with E-state index >= 15 is 0 Å². The molecule has 3 aromatic heterocycles. The largest absolute Gasteiger partial charge is 0.491 e. The number of nitrogens with two attached hydrogens (primary N) is 2. The lowest BCUT2D eigenvalue weighted by Gasteiger charge is -2.34. The highest BCUT2D eigenvalue weighted by atomic mass is 32.2. The normalized spacial score (nSPS) is 15.3. The standard InChI is InChI=1S/C39H50N12O4S/c1-5-51-30(19-24(2)46-51)37(54)45-39-44-28-20-25(35(40)52)22-31(55-18-8-11-47-14-16-48(17-15-47)27-9-10-27)33(28)49(39)12-6-7-13-50-34-29(43-38(50)42-3)21-26(36(41)53)23-32(34)56-4/h6-7,19-23,27H,5,8-18H2,1-4H3,(H2,40,52)(H2,41,53)(H,42,43)(H,44,45,54)/b7-6+. The van der Waals surface area contributed by atoms with Gasteiger partial charge in [-0.25, -0.2) is 9.97 Å². The van der Waals surface area contributed by atoms with Crippen molar-refractivity contribution in [3.63, 3.8) is 0 Å². The van der Waals surface area contributed by atoms with Crippen molar-refractivity contribution in [3.05, 3.63) is 65.0 Å². The smallest absolute Gasteiger partial charge is 0.276 e. The van der Waals surface area contributed by atoms with Crippen molar-refractivity contribution in [3.8, 4) is 5.75 Å². The van der Waals surface area contributed by atoms with Gasteiger partial charge in [0.25, 0.3) is 5.91 Å². The summed E-state index contributed by atoms with van der Waals surface area (Å²) in [5, 5.41) is 10.6. The topological polar surface area (TPSA) is 196 Å². The molecule has 0 bridgehead atoms. The Balaban J connectivity index is 1.18. The molecule has 3 amide bonds. The number of rotatable bonds is 17. The van der Waals surface area contributed by atoms with E-state index in [-0.39, 0.29) is 17.4 Å². The van der Waals surface area contributed by atoms with Crippen LogP contribution in [0.15, 0.2) is 47.4 Å². The van der Waals surface area contributed by atoms with Gasteiger partial charge in [-0.1, -0.05) is 12.2 Å². The minimum absolute atomic E-state index is 0.261. The van der Waals surface area contributed by atoms with E-state index in [9.17, 15) is 14.4 Å².